The fraction of sp³-hybridized carbons (Fsp3) is 0.273. The van der Waals surface area contributed by atoms with Crippen molar-refractivity contribution in [2.75, 3.05) is 11.9 Å². The first kappa shape index (κ1) is 10.6. The van der Waals surface area contributed by atoms with Crippen molar-refractivity contribution < 1.29 is 19.1 Å². The molecule has 1 aromatic rings. The average Bonchev–Trinajstić information content (AvgIpc) is 2.22. The van der Waals surface area contributed by atoms with Gasteiger partial charge >= 0.3 is 5.97 Å². The van der Waals surface area contributed by atoms with Gasteiger partial charge in [-0.15, -0.1) is 0 Å². The average molecular weight is 223 g/mol. The molecule has 1 atom stereocenters. The van der Waals surface area contributed by atoms with Crippen LogP contribution in [0.1, 0.15) is 17.9 Å². The third-order valence-electron chi connectivity index (χ3n) is 2.78. The Hall–Kier alpha value is -1.91. The smallest absolute Gasteiger partial charge is 0.311 e. The van der Waals surface area contributed by atoms with Crippen molar-refractivity contribution in [1.29, 1.82) is 0 Å². The number of halogens is 1. The van der Waals surface area contributed by atoms with Crippen LogP contribution in [-0.2, 0) is 9.59 Å². The third kappa shape index (κ3) is 1.44. The Morgan fingerprint density at radius 3 is 2.88 bits per heavy atom. The normalized spacial score (nSPS) is 19.5. The van der Waals surface area contributed by atoms with Gasteiger partial charge in [0.05, 0.1) is 11.6 Å². The number of carbonyl (C=O) groups is 2. The summed E-state index contributed by atoms with van der Waals surface area (Å²) in [5.74, 6) is -3.01. The minimum Gasteiger partial charge on any atom is -0.481 e. The van der Waals surface area contributed by atoms with Gasteiger partial charge in [0.1, 0.15) is 5.82 Å². The van der Waals surface area contributed by atoms with Gasteiger partial charge in [-0.05, 0) is 11.6 Å². The quantitative estimate of drug-likeness (QED) is 0.782. The summed E-state index contributed by atoms with van der Waals surface area (Å²) in [4.78, 5) is 23.7. The summed E-state index contributed by atoms with van der Waals surface area (Å²) < 4.78 is 13.5. The molecule has 0 unspecified atom stereocenters. The fourth-order valence-corrected chi connectivity index (χ4v) is 1.93. The maximum absolute atomic E-state index is 13.5. The van der Waals surface area contributed by atoms with E-state index in [2.05, 4.69) is 0 Å². The second-order valence-corrected chi connectivity index (χ2v) is 3.73. The largest absolute Gasteiger partial charge is 0.481 e. The summed E-state index contributed by atoms with van der Waals surface area (Å²) >= 11 is 0. The van der Waals surface area contributed by atoms with Crippen LogP contribution in [0.2, 0.25) is 0 Å². The van der Waals surface area contributed by atoms with E-state index in [1.807, 2.05) is 0 Å². The minimum atomic E-state index is -1.10. The first-order valence-corrected chi connectivity index (χ1v) is 4.80. The number of amides is 1. The Morgan fingerprint density at radius 1 is 1.56 bits per heavy atom. The van der Waals surface area contributed by atoms with E-state index in [9.17, 15) is 14.0 Å². The highest BCUT2D eigenvalue weighted by atomic mass is 19.1. The van der Waals surface area contributed by atoms with Crippen molar-refractivity contribution in [2.24, 2.45) is 0 Å². The molecule has 1 heterocycles. The van der Waals surface area contributed by atoms with Crippen LogP contribution in [0, 0.1) is 5.82 Å². The van der Waals surface area contributed by atoms with Crippen molar-refractivity contribution >= 4 is 17.6 Å². The number of carboxylic acid groups (broad SMARTS) is 1. The van der Waals surface area contributed by atoms with Crippen molar-refractivity contribution in [1.82, 2.24) is 0 Å². The predicted octanol–water partition coefficient (Wildman–Crippen LogP) is 1.36. The zero-order valence-corrected chi connectivity index (χ0v) is 8.61. The number of aliphatic carboxylic acids is 1. The first-order chi connectivity index (χ1) is 7.52. The highest BCUT2D eigenvalue weighted by Crippen LogP contribution is 2.36. The van der Waals surface area contributed by atoms with Gasteiger partial charge in [0.25, 0.3) is 0 Å². The number of benzene rings is 1. The molecule has 0 aromatic heterocycles. The molecule has 1 aliphatic heterocycles. The zero-order valence-electron chi connectivity index (χ0n) is 8.61. The number of fused-ring (bicyclic) bond motifs is 1. The Balaban J connectivity index is 2.62. The van der Waals surface area contributed by atoms with Crippen molar-refractivity contribution in [3.63, 3.8) is 0 Å². The van der Waals surface area contributed by atoms with E-state index in [0.29, 0.717) is 5.56 Å². The number of para-hydroxylation sites is 1. The van der Waals surface area contributed by atoms with Crippen LogP contribution in [-0.4, -0.2) is 24.0 Å². The van der Waals surface area contributed by atoms with Crippen LogP contribution in [0.25, 0.3) is 0 Å². The summed E-state index contributed by atoms with van der Waals surface area (Å²) in [6.45, 7) is 0. The number of rotatable bonds is 1. The highest BCUT2D eigenvalue weighted by Gasteiger charge is 2.35. The lowest BCUT2D eigenvalue weighted by Crippen LogP contribution is -2.36. The van der Waals surface area contributed by atoms with Crippen molar-refractivity contribution in [2.45, 2.75) is 12.3 Å². The molecular weight excluding hydrogens is 213 g/mol. The molecule has 1 N–H and O–H groups in total. The van der Waals surface area contributed by atoms with E-state index in [1.54, 1.807) is 6.07 Å². The maximum Gasteiger partial charge on any atom is 0.311 e. The zero-order chi connectivity index (χ0) is 11.9. The molecule has 2 rings (SSSR count). The lowest BCUT2D eigenvalue weighted by molar-refractivity contribution is -0.140. The molecule has 1 aromatic carbocycles. The molecule has 1 aliphatic rings. The molecule has 5 heteroatoms. The number of carbonyl (C=O) groups excluding carboxylic acids is 1. The van der Waals surface area contributed by atoms with Crippen LogP contribution in [0.3, 0.4) is 0 Å². The van der Waals surface area contributed by atoms with E-state index in [0.717, 1.165) is 0 Å². The van der Waals surface area contributed by atoms with E-state index < -0.39 is 17.7 Å². The number of carboxylic acids is 1. The van der Waals surface area contributed by atoms with Gasteiger partial charge in [-0.25, -0.2) is 4.39 Å². The second-order valence-electron chi connectivity index (χ2n) is 3.73. The SMILES string of the molecule is CN1C(=O)C[C@H](C(=O)O)c2cccc(F)c21. The molecule has 1 amide bonds. The van der Waals surface area contributed by atoms with Crippen LogP contribution in [0.15, 0.2) is 18.2 Å². The molecule has 0 radical (unpaired) electrons. The Labute approximate surface area is 91.3 Å². The molecule has 0 aliphatic carbocycles. The number of anilines is 1. The van der Waals surface area contributed by atoms with Crippen molar-refractivity contribution in [3.8, 4) is 0 Å². The van der Waals surface area contributed by atoms with E-state index in [-0.39, 0.29) is 18.0 Å². The molecule has 0 saturated heterocycles. The monoisotopic (exact) mass is 223 g/mol. The van der Waals surface area contributed by atoms with Crippen LogP contribution >= 0.6 is 0 Å². The topological polar surface area (TPSA) is 57.6 Å². The van der Waals surface area contributed by atoms with Crippen LogP contribution in [0.5, 0.6) is 0 Å². The molecule has 84 valence electrons. The number of hydrogen-bond acceptors (Lipinski definition) is 2. The van der Waals surface area contributed by atoms with Gasteiger partial charge in [0.15, 0.2) is 0 Å². The van der Waals surface area contributed by atoms with Gasteiger partial charge in [0.2, 0.25) is 5.91 Å². The Bertz CT molecular complexity index is 472. The third-order valence-corrected chi connectivity index (χ3v) is 2.78. The number of hydrogen-bond donors (Lipinski definition) is 1. The first-order valence-electron chi connectivity index (χ1n) is 4.80. The lowest BCUT2D eigenvalue weighted by atomic mass is 9.89. The number of nitrogens with zero attached hydrogens (tertiary/aromatic N) is 1. The summed E-state index contributed by atoms with van der Waals surface area (Å²) in [7, 11) is 1.45. The maximum atomic E-state index is 13.5. The Morgan fingerprint density at radius 2 is 2.25 bits per heavy atom. The van der Waals surface area contributed by atoms with Gasteiger partial charge in [-0.3, -0.25) is 9.59 Å². The summed E-state index contributed by atoms with van der Waals surface area (Å²) in [5.41, 5.74) is 0.431. The minimum absolute atomic E-state index is 0.0751. The molecule has 4 nitrogen and oxygen atoms in total. The van der Waals surface area contributed by atoms with Crippen LogP contribution < -0.4 is 4.90 Å². The van der Waals surface area contributed by atoms with Gasteiger partial charge in [0, 0.05) is 13.5 Å². The predicted molar refractivity (Wildman–Crippen MR) is 54.8 cm³/mol. The molecule has 0 spiro atoms. The Kier molecular flexibility index (Phi) is 2.38. The van der Waals surface area contributed by atoms with Crippen LogP contribution in [0.4, 0.5) is 10.1 Å². The molecule has 0 fully saturated rings. The van der Waals surface area contributed by atoms with Crippen molar-refractivity contribution in [3.05, 3.63) is 29.6 Å². The highest BCUT2D eigenvalue weighted by molar-refractivity contribution is 6.01. The summed E-state index contributed by atoms with van der Waals surface area (Å²) in [5, 5.41) is 8.99. The van der Waals surface area contributed by atoms with Gasteiger partial charge in [-0.2, -0.15) is 0 Å². The second kappa shape index (κ2) is 3.59. The van der Waals surface area contributed by atoms with E-state index in [1.165, 1.54) is 24.1 Å². The van der Waals surface area contributed by atoms with Gasteiger partial charge < -0.3 is 10.0 Å². The fourth-order valence-electron chi connectivity index (χ4n) is 1.93. The summed E-state index contributed by atoms with van der Waals surface area (Å²) in [6.07, 6.45) is -0.123. The molecular formula is C11H10FNO3. The van der Waals surface area contributed by atoms with E-state index in [4.69, 9.17) is 5.11 Å². The molecule has 0 bridgehead atoms. The molecule has 16 heavy (non-hydrogen) atoms. The summed E-state index contributed by atoms with van der Waals surface area (Å²) in [6, 6.07) is 4.21. The molecule has 0 saturated carbocycles. The lowest BCUT2D eigenvalue weighted by Gasteiger charge is -2.29. The standard InChI is InChI=1S/C11H10FNO3/c1-13-9(14)5-7(11(15)16)6-3-2-4-8(12)10(6)13/h2-4,7H,5H2,1H3,(H,15,16)/t7-/m0/s1. The van der Waals surface area contributed by atoms with E-state index >= 15 is 0 Å². The van der Waals surface area contributed by atoms with Gasteiger partial charge in [-0.1, -0.05) is 12.1 Å².